The second-order valence-corrected chi connectivity index (χ2v) is 5.24. The Hall–Kier alpha value is -2.21. The molecule has 20 heavy (non-hydrogen) atoms. The van der Waals surface area contributed by atoms with Crippen LogP contribution in [0, 0.1) is 6.92 Å². The summed E-state index contributed by atoms with van der Waals surface area (Å²) in [6.07, 6.45) is 0. The Bertz CT molecular complexity index is 729. The van der Waals surface area contributed by atoms with Gasteiger partial charge in [-0.3, -0.25) is 0 Å². The van der Waals surface area contributed by atoms with Crippen molar-refractivity contribution in [2.24, 2.45) is 7.05 Å². The summed E-state index contributed by atoms with van der Waals surface area (Å²) in [5.74, 6) is 1.57. The third kappa shape index (κ3) is 2.08. The maximum Gasteiger partial charge on any atom is 0.181 e. The van der Waals surface area contributed by atoms with Gasteiger partial charge in [-0.15, -0.1) is 0 Å². The Kier molecular flexibility index (Phi) is 3.23. The van der Waals surface area contributed by atoms with Crippen molar-refractivity contribution in [3.8, 4) is 22.8 Å². The molecule has 1 N–H and O–H groups in total. The Morgan fingerprint density at radius 1 is 1.20 bits per heavy atom. The van der Waals surface area contributed by atoms with Crippen LogP contribution < -0.4 is 5.32 Å². The maximum absolute atomic E-state index is 4.67. The van der Waals surface area contributed by atoms with E-state index in [1.807, 2.05) is 51.4 Å². The van der Waals surface area contributed by atoms with E-state index in [4.69, 9.17) is 0 Å². The van der Waals surface area contributed by atoms with Crippen LogP contribution in [0.2, 0.25) is 0 Å². The second kappa shape index (κ2) is 5.05. The molecule has 1 aromatic carbocycles. The number of hydrogen-bond acceptors (Lipinski definition) is 5. The van der Waals surface area contributed by atoms with Gasteiger partial charge in [0.25, 0.3) is 0 Å². The summed E-state index contributed by atoms with van der Waals surface area (Å²) in [5, 5.41) is 8.69. The van der Waals surface area contributed by atoms with Crippen LogP contribution in [-0.2, 0) is 7.05 Å². The van der Waals surface area contributed by atoms with E-state index in [2.05, 4.69) is 19.8 Å². The van der Waals surface area contributed by atoms with Crippen molar-refractivity contribution in [1.29, 1.82) is 0 Å². The molecule has 0 aliphatic heterocycles. The Balaban J connectivity index is 2.12. The van der Waals surface area contributed by atoms with Crippen molar-refractivity contribution in [3.63, 3.8) is 0 Å². The molecule has 0 amide bonds. The van der Waals surface area contributed by atoms with Crippen LogP contribution in [0.5, 0.6) is 0 Å². The fourth-order valence-electron chi connectivity index (χ4n) is 2.12. The molecule has 0 aliphatic rings. The van der Waals surface area contributed by atoms with Gasteiger partial charge in [-0.05, 0) is 18.5 Å². The average Bonchev–Trinajstić information content (AvgIpc) is 3.02. The predicted octanol–water partition coefficient (Wildman–Crippen LogP) is 2.96. The number of aromatic nitrogens is 4. The highest BCUT2D eigenvalue weighted by Crippen LogP contribution is 2.33. The van der Waals surface area contributed by atoms with E-state index in [-0.39, 0.29) is 0 Å². The number of anilines is 1. The lowest BCUT2D eigenvalue weighted by molar-refractivity contribution is 0.777. The molecule has 0 fully saturated rings. The van der Waals surface area contributed by atoms with Crippen molar-refractivity contribution in [3.05, 3.63) is 36.0 Å². The summed E-state index contributed by atoms with van der Waals surface area (Å²) < 4.78 is 6.19. The summed E-state index contributed by atoms with van der Waals surface area (Å²) in [4.78, 5) is 4.67. The van der Waals surface area contributed by atoms with E-state index < -0.39 is 0 Å². The number of nitrogens with one attached hydrogen (secondary N) is 1. The molecule has 3 aromatic rings. The Morgan fingerprint density at radius 2 is 1.95 bits per heavy atom. The fourth-order valence-corrected chi connectivity index (χ4v) is 2.86. The van der Waals surface area contributed by atoms with E-state index in [1.54, 1.807) is 4.68 Å². The van der Waals surface area contributed by atoms with Gasteiger partial charge in [0, 0.05) is 19.7 Å². The van der Waals surface area contributed by atoms with E-state index in [9.17, 15) is 0 Å². The average molecular weight is 285 g/mol. The Labute approximate surface area is 121 Å². The SMILES string of the molecule is CNc1snc(C)c1-c1nc(-c2ccccc2)nn1C. The predicted molar refractivity (Wildman–Crippen MR) is 81.8 cm³/mol. The minimum absolute atomic E-state index is 0.732. The van der Waals surface area contributed by atoms with Crippen LogP contribution in [0.4, 0.5) is 5.00 Å². The first-order valence-corrected chi connectivity index (χ1v) is 7.09. The van der Waals surface area contributed by atoms with E-state index in [0.29, 0.717) is 0 Å². The zero-order valence-electron chi connectivity index (χ0n) is 11.6. The third-order valence-electron chi connectivity index (χ3n) is 3.11. The van der Waals surface area contributed by atoms with Crippen molar-refractivity contribution < 1.29 is 0 Å². The van der Waals surface area contributed by atoms with Crippen molar-refractivity contribution >= 4 is 16.5 Å². The molecule has 2 heterocycles. The first kappa shape index (κ1) is 12.8. The molecule has 0 radical (unpaired) electrons. The van der Waals surface area contributed by atoms with Gasteiger partial charge in [-0.2, -0.15) is 9.47 Å². The van der Waals surface area contributed by atoms with Gasteiger partial charge in [0.15, 0.2) is 11.6 Å². The standard InChI is InChI=1S/C14H15N5S/c1-9-11(14(15-2)20-18-9)13-16-12(17-19(13)3)10-7-5-4-6-8-10/h4-8,15H,1-3H3. The maximum atomic E-state index is 4.67. The number of benzene rings is 1. The van der Waals surface area contributed by atoms with Gasteiger partial charge in [0.1, 0.15) is 5.00 Å². The lowest BCUT2D eigenvalue weighted by Gasteiger charge is -2.01. The molecule has 0 bridgehead atoms. The monoisotopic (exact) mass is 285 g/mol. The highest BCUT2D eigenvalue weighted by molar-refractivity contribution is 7.10. The number of aryl methyl sites for hydroxylation is 2. The smallest absolute Gasteiger partial charge is 0.181 e. The second-order valence-electron chi connectivity index (χ2n) is 4.47. The van der Waals surface area contributed by atoms with Gasteiger partial charge in [-0.25, -0.2) is 9.67 Å². The molecular weight excluding hydrogens is 270 g/mol. The minimum atomic E-state index is 0.732. The quantitative estimate of drug-likeness (QED) is 0.804. The number of nitrogens with zero attached hydrogens (tertiary/aromatic N) is 4. The third-order valence-corrected chi connectivity index (χ3v) is 4.06. The van der Waals surface area contributed by atoms with Gasteiger partial charge < -0.3 is 5.32 Å². The Morgan fingerprint density at radius 3 is 2.65 bits per heavy atom. The van der Waals surface area contributed by atoms with Crippen molar-refractivity contribution in [2.45, 2.75) is 6.92 Å². The van der Waals surface area contributed by atoms with Crippen LogP contribution >= 0.6 is 11.5 Å². The first-order chi connectivity index (χ1) is 9.70. The molecule has 6 heteroatoms. The van der Waals surface area contributed by atoms with Crippen molar-refractivity contribution in [1.82, 2.24) is 19.1 Å². The van der Waals surface area contributed by atoms with Gasteiger partial charge in [0.05, 0.1) is 11.3 Å². The molecule has 0 spiro atoms. The lowest BCUT2D eigenvalue weighted by atomic mass is 10.2. The van der Waals surface area contributed by atoms with Crippen LogP contribution in [0.15, 0.2) is 30.3 Å². The summed E-state index contributed by atoms with van der Waals surface area (Å²) >= 11 is 1.44. The number of hydrogen-bond donors (Lipinski definition) is 1. The molecule has 0 aliphatic carbocycles. The van der Waals surface area contributed by atoms with Crippen LogP contribution in [0.25, 0.3) is 22.8 Å². The summed E-state index contributed by atoms with van der Waals surface area (Å²) in [6, 6.07) is 9.98. The summed E-state index contributed by atoms with van der Waals surface area (Å²) in [7, 11) is 3.80. The highest BCUT2D eigenvalue weighted by atomic mass is 32.1. The van der Waals surface area contributed by atoms with E-state index >= 15 is 0 Å². The van der Waals surface area contributed by atoms with E-state index in [1.165, 1.54) is 11.5 Å². The molecular formula is C14H15N5S. The molecule has 2 aromatic heterocycles. The van der Waals surface area contributed by atoms with Gasteiger partial charge in [0.2, 0.25) is 0 Å². The topological polar surface area (TPSA) is 55.6 Å². The minimum Gasteiger partial charge on any atom is -0.378 e. The fraction of sp³-hybridized carbons (Fsp3) is 0.214. The van der Waals surface area contributed by atoms with Crippen LogP contribution in [0.1, 0.15) is 5.69 Å². The zero-order chi connectivity index (χ0) is 14.1. The first-order valence-electron chi connectivity index (χ1n) is 6.31. The summed E-state index contributed by atoms with van der Waals surface area (Å²) in [5.41, 5.74) is 3.00. The highest BCUT2D eigenvalue weighted by Gasteiger charge is 2.18. The van der Waals surface area contributed by atoms with Crippen LogP contribution in [-0.4, -0.2) is 26.2 Å². The van der Waals surface area contributed by atoms with E-state index in [0.717, 1.165) is 33.5 Å². The van der Waals surface area contributed by atoms with Crippen LogP contribution in [0.3, 0.4) is 0 Å². The molecule has 3 rings (SSSR count). The number of rotatable bonds is 3. The summed E-state index contributed by atoms with van der Waals surface area (Å²) in [6.45, 7) is 1.99. The molecule has 102 valence electrons. The molecule has 0 atom stereocenters. The molecule has 0 saturated carbocycles. The van der Waals surface area contributed by atoms with Gasteiger partial charge >= 0.3 is 0 Å². The normalized spacial score (nSPS) is 10.8. The molecule has 0 unspecified atom stereocenters. The van der Waals surface area contributed by atoms with Gasteiger partial charge in [-0.1, -0.05) is 30.3 Å². The zero-order valence-corrected chi connectivity index (χ0v) is 12.4. The van der Waals surface area contributed by atoms with Crippen molar-refractivity contribution in [2.75, 3.05) is 12.4 Å². The lowest BCUT2D eigenvalue weighted by Crippen LogP contribution is -1.97. The molecule has 0 saturated heterocycles. The largest absolute Gasteiger partial charge is 0.378 e. The molecule has 5 nitrogen and oxygen atoms in total.